The SMILES string of the molecule is COC1CCC(S(=O)(=O)c2c(Cl)ccc(NC(=O)NC3CCC=C3C)c2O)C1. The Morgan fingerprint density at radius 3 is 2.64 bits per heavy atom. The first-order valence-electron chi connectivity index (χ1n) is 9.26. The number of phenolic OH excluding ortho intramolecular Hbond substituents is 1. The summed E-state index contributed by atoms with van der Waals surface area (Å²) in [4.78, 5) is 11.9. The van der Waals surface area contributed by atoms with Gasteiger partial charge in [0, 0.05) is 7.11 Å². The monoisotopic (exact) mass is 428 g/mol. The molecule has 0 aliphatic heterocycles. The van der Waals surface area contributed by atoms with E-state index in [1.807, 2.05) is 6.92 Å². The van der Waals surface area contributed by atoms with Crippen LogP contribution in [-0.4, -0.2) is 44.1 Å². The van der Waals surface area contributed by atoms with Gasteiger partial charge >= 0.3 is 6.03 Å². The van der Waals surface area contributed by atoms with E-state index in [2.05, 4.69) is 16.7 Å². The molecule has 0 heterocycles. The number of nitrogens with one attached hydrogen (secondary N) is 2. The molecule has 0 saturated heterocycles. The molecular formula is C19H25ClN2O5S. The Hall–Kier alpha value is -1.77. The molecule has 1 aromatic rings. The smallest absolute Gasteiger partial charge is 0.319 e. The zero-order chi connectivity index (χ0) is 20.5. The number of ether oxygens (including phenoxy) is 1. The second-order valence-electron chi connectivity index (χ2n) is 7.29. The van der Waals surface area contributed by atoms with Crippen molar-refractivity contribution < 1.29 is 23.1 Å². The van der Waals surface area contributed by atoms with Gasteiger partial charge in [-0.2, -0.15) is 0 Å². The van der Waals surface area contributed by atoms with Crippen LogP contribution in [0.1, 0.15) is 39.0 Å². The van der Waals surface area contributed by atoms with Gasteiger partial charge in [0.15, 0.2) is 15.6 Å². The Bertz CT molecular complexity index is 900. The van der Waals surface area contributed by atoms with Crippen molar-refractivity contribution in [1.29, 1.82) is 0 Å². The number of sulfone groups is 1. The van der Waals surface area contributed by atoms with E-state index in [1.54, 1.807) is 7.11 Å². The van der Waals surface area contributed by atoms with E-state index in [1.165, 1.54) is 12.1 Å². The normalized spacial score (nSPS) is 24.8. The summed E-state index contributed by atoms with van der Waals surface area (Å²) in [6.45, 7) is 1.94. The van der Waals surface area contributed by atoms with Crippen molar-refractivity contribution in [3.63, 3.8) is 0 Å². The van der Waals surface area contributed by atoms with Gasteiger partial charge in [-0.05, 0) is 51.2 Å². The van der Waals surface area contributed by atoms with E-state index < -0.39 is 26.9 Å². The van der Waals surface area contributed by atoms with Crippen LogP contribution in [0.25, 0.3) is 0 Å². The molecule has 2 aliphatic rings. The maximum Gasteiger partial charge on any atom is 0.319 e. The van der Waals surface area contributed by atoms with Crippen molar-refractivity contribution in [1.82, 2.24) is 5.32 Å². The number of hydrogen-bond donors (Lipinski definition) is 3. The number of phenols is 1. The standard InChI is InChI=1S/C19H25ClN2O5S/c1-11-4-3-5-15(11)21-19(24)22-16-9-8-14(20)18(17(16)23)28(25,26)13-7-6-12(10-13)27-2/h4,8-9,12-13,15,23H,3,5-7,10H2,1-2H3,(H2,21,22,24). The molecule has 9 heteroatoms. The first-order valence-corrected chi connectivity index (χ1v) is 11.2. The van der Waals surface area contributed by atoms with Gasteiger partial charge in [-0.3, -0.25) is 0 Å². The molecule has 0 radical (unpaired) electrons. The van der Waals surface area contributed by atoms with Crippen LogP contribution in [0.3, 0.4) is 0 Å². The van der Waals surface area contributed by atoms with E-state index in [0.717, 1.165) is 18.4 Å². The summed E-state index contributed by atoms with van der Waals surface area (Å²) in [7, 11) is -2.33. The lowest BCUT2D eigenvalue weighted by molar-refractivity contribution is 0.109. The Kier molecular flexibility index (Phi) is 6.21. The first-order chi connectivity index (χ1) is 13.2. The van der Waals surface area contributed by atoms with Gasteiger partial charge in [0.2, 0.25) is 0 Å². The minimum absolute atomic E-state index is 0.00129. The van der Waals surface area contributed by atoms with Crippen LogP contribution >= 0.6 is 11.6 Å². The fourth-order valence-electron chi connectivity index (χ4n) is 3.83. The number of carbonyl (C=O) groups excluding carboxylic acids is 1. The van der Waals surface area contributed by atoms with E-state index in [-0.39, 0.29) is 27.8 Å². The number of anilines is 1. The van der Waals surface area contributed by atoms with Crippen LogP contribution in [0.15, 0.2) is 28.7 Å². The quantitative estimate of drug-likeness (QED) is 0.490. The lowest BCUT2D eigenvalue weighted by atomic mass is 10.2. The number of rotatable bonds is 5. The predicted octanol–water partition coefficient (Wildman–Crippen LogP) is 3.62. The molecule has 28 heavy (non-hydrogen) atoms. The van der Waals surface area contributed by atoms with E-state index in [0.29, 0.717) is 19.3 Å². The Balaban J connectivity index is 1.82. The molecule has 3 N–H and O–H groups in total. The van der Waals surface area contributed by atoms with Crippen molar-refractivity contribution in [3.8, 4) is 5.75 Å². The highest BCUT2D eigenvalue weighted by Crippen LogP contribution is 2.42. The van der Waals surface area contributed by atoms with Crippen molar-refractivity contribution in [2.24, 2.45) is 0 Å². The number of aromatic hydroxyl groups is 1. The van der Waals surface area contributed by atoms with Gasteiger partial charge in [0.1, 0.15) is 4.90 Å². The fourth-order valence-corrected chi connectivity index (χ4v) is 6.27. The van der Waals surface area contributed by atoms with Gasteiger partial charge < -0.3 is 20.5 Å². The van der Waals surface area contributed by atoms with Crippen molar-refractivity contribution >= 4 is 33.2 Å². The number of benzene rings is 1. The third-order valence-electron chi connectivity index (χ3n) is 5.50. The van der Waals surface area contributed by atoms with Crippen molar-refractivity contribution in [2.45, 2.75) is 61.3 Å². The highest BCUT2D eigenvalue weighted by Gasteiger charge is 2.38. The maximum atomic E-state index is 13.1. The van der Waals surface area contributed by atoms with Gasteiger partial charge in [0.25, 0.3) is 0 Å². The zero-order valence-electron chi connectivity index (χ0n) is 15.9. The molecule has 0 spiro atoms. The average Bonchev–Trinajstić information content (AvgIpc) is 3.27. The number of urea groups is 1. The Morgan fingerprint density at radius 2 is 2.04 bits per heavy atom. The van der Waals surface area contributed by atoms with Gasteiger partial charge in [-0.1, -0.05) is 23.3 Å². The minimum atomic E-state index is -3.88. The van der Waals surface area contributed by atoms with Crippen LogP contribution in [0.4, 0.5) is 10.5 Å². The molecule has 154 valence electrons. The summed E-state index contributed by atoms with van der Waals surface area (Å²) < 4.78 is 31.4. The maximum absolute atomic E-state index is 13.1. The summed E-state index contributed by atoms with van der Waals surface area (Å²) in [5, 5.41) is 15.2. The van der Waals surface area contributed by atoms with Gasteiger partial charge in [-0.25, -0.2) is 13.2 Å². The molecule has 7 nitrogen and oxygen atoms in total. The van der Waals surface area contributed by atoms with Gasteiger partial charge in [-0.15, -0.1) is 0 Å². The average molecular weight is 429 g/mol. The second kappa shape index (κ2) is 8.31. The molecular weight excluding hydrogens is 404 g/mol. The van der Waals surface area contributed by atoms with E-state index >= 15 is 0 Å². The van der Waals surface area contributed by atoms with Crippen molar-refractivity contribution in [3.05, 3.63) is 28.8 Å². The number of allylic oxidation sites excluding steroid dienone is 1. The molecule has 2 aliphatic carbocycles. The lowest BCUT2D eigenvalue weighted by Crippen LogP contribution is -2.37. The lowest BCUT2D eigenvalue weighted by Gasteiger charge is -2.18. The highest BCUT2D eigenvalue weighted by molar-refractivity contribution is 7.92. The molecule has 2 amide bonds. The van der Waals surface area contributed by atoms with Crippen LogP contribution in [-0.2, 0) is 14.6 Å². The van der Waals surface area contributed by atoms with Crippen LogP contribution in [0, 0.1) is 0 Å². The minimum Gasteiger partial charge on any atom is -0.504 e. The number of amides is 2. The summed E-state index contributed by atoms with van der Waals surface area (Å²) in [6.07, 6.45) is 5.05. The third-order valence-corrected chi connectivity index (χ3v) is 8.22. The Labute approximate surface area is 170 Å². The van der Waals surface area contributed by atoms with Gasteiger partial charge in [0.05, 0.1) is 28.1 Å². The largest absolute Gasteiger partial charge is 0.504 e. The number of methoxy groups -OCH3 is 1. The van der Waals surface area contributed by atoms with Crippen LogP contribution in [0.5, 0.6) is 5.75 Å². The van der Waals surface area contributed by atoms with Crippen LogP contribution in [0.2, 0.25) is 5.02 Å². The summed E-state index contributed by atoms with van der Waals surface area (Å²) in [5.41, 5.74) is 1.08. The van der Waals surface area contributed by atoms with E-state index in [4.69, 9.17) is 16.3 Å². The molecule has 3 atom stereocenters. The number of halogens is 1. The topological polar surface area (TPSA) is 105 Å². The third kappa shape index (κ3) is 4.14. The number of hydrogen-bond acceptors (Lipinski definition) is 5. The highest BCUT2D eigenvalue weighted by atomic mass is 35.5. The summed E-state index contributed by atoms with van der Waals surface area (Å²) in [5.74, 6) is -0.540. The molecule has 1 fully saturated rings. The zero-order valence-corrected chi connectivity index (χ0v) is 17.4. The molecule has 0 bridgehead atoms. The number of carbonyl (C=O) groups is 1. The molecule has 1 saturated carbocycles. The summed E-state index contributed by atoms with van der Waals surface area (Å²) >= 11 is 6.12. The van der Waals surface area contributed by atoms with Crippen LogP contribution < -0.4 is 10.6 Å². The molecule has 3 rings (SSSR count). The first kappa shape index (κ1) is 21.0. The second-order valence-corrected chi connectivity index (χ2v) is 9.86. The molecule has 0 aromatic heterocycles. The van der Waals surface area contributed by atoms with Crippen molar-refractivity contribution in [2.75, 3.05) is 12.4 Å². The van der Waals surface area contributed by atoms with E-state index in [9.17, 15) is 18.3 Å². The predicted molar refractivity (Wildman–Crippen MR) is 108 cm³/mol. The summed E-state index contributed by atoms with van der Waals surface area (Å²) in [6, 6.07) is 2.18. The molecule has 1 aromatic carbocycles. The molecule has 3 unspecified atom stereocenters. The fraction of sp³-hybridized carbons (Fsp3) is 0.526. The Morgan fingerprint density at radius 1 is 1.29 bits per heavy atom.